The number of methoxy groups -OCH3 is 1. The third-order valence-corrected chi connectivity index (χ3v) is 4.89. The Morgan fingerprint density at radius 2 is 1.93 bits per heavy atom. The van der Waals surface area contributed by atoms with Crippen LogP contribution in [-0.2, 0) is 0 Å². The van der Waals surface area contributed by atoms with Gasteiger partial charge < -0.3 is 9.84 Å². The number of halogens is 1. The number of hydrogen-bond donors (Lipinski definition) is 1. The van der Waals surface area contributed by atoms with Crippen molar-refractivity contribution >= 4 is 22.6 Å². The fourth-order valence-electron chi connectivity index (χ4n) is 3.22. The fourth-order valence-corrected chi connectivity index (χ4v) is 3.40. The molecular weight excluding hydrogens is 360 g/mol. The van der Waals surface area contributed by atoms with Gasteiger partial charge in [-0.15, -0.1) is 0 Å². The second-order valence-corrected chi connectivity index (χ2v) is 6.87. The normalized spacial score (nSPS) is 12.3. The number of fused-ring (bicyclic) bond motifs is 1. The van der Waals surface area contributed by atoms with Crippen LogP contribution in [0.15, 0.2) is 67.0 Å². The van der Waals surface area contributed by atoms with E-state index in [0.29, 0.717) is 5.02 Å². The molecule has 4 nitrogen and oxygen atoms in total. The minimum atomic E-state index is -0.516. The molecular formula is C22H19ClN2O2. The predicted molar refractivity (Wildman–Crippen MR) is 109 cm³/mol. The molecule has 0 bridgehead atoms. The summed E-state index contributed by atoms with van der Waals surface area (Å²) in [6.45, 7) is 1.75. The summed E-state index contributed by atoms with van der Waals surface area (Å²) in [5.41, 5.74) is 5.61. The first-order valence-corrected chi connectivity index (χ1v) is 9.04. The van der Waals surface area contributed by atoms with Gasteiger partial charge in [0.05, 0.1) is 24.2 Å². The van der Waals surface area contributed by atoms with E-state index in [2.05, 4.69) is 11.1 Å². The number of aliphatic hydroxyl groups excluding tert-OH is 1. The molecule has 0 saturated heterocycles. The van der Waals surface area contributed by atoms with Crippen molar-refractivity contribution < 1.29 is 9.84 Å². The van der Waals surface area contributed by atoms with Crippen molar-refractivity contribution in [3.63, 3.8) is 0 Å². The van der Waals surface area contributed by atoms with Crippen molar-refractivity contribution in [3.8, 4) is 22.6 Å². The van der Waals surface area contributed by atoms with Crippen molar-refractivity contribution in [2.75, 3.05) is 7.11 Å². The molecule has 3 aromatic carbocycles. The third kappa shape index (κ3) is 3.29. The maximum Gasteiger partial charge on any atom is 0.126 e. The Morgan fingerprint density at radius 1 is 1.07 bits per heavy atom. The first-order valence-electron chi connectivity index (χ1n) is 8.66. The second-order valence-electron chi connectivity index (χ2n) is 6.43. The molecule has 0 saturated carbocycles. The number of ether oxygens (including phenoxy) is 1. The summed E-state index contributed by atoms with van der Waals surface area (Å²) >= 11 is 6.19. The molecule has 27 heavy (non-hydrogen) atoms. The molecule has 0 aliphatic rings. The zero-order valence-electron chi connectivity index (χ0n) is 15.1. The number of hydrogen-bond acceptors (Lipinski definition) is 3. The second kappa shape index (κ2) is 7.06. The van der Waals surface area contributed by atoms with E-state index in [1.165, 1.54) is 0 Å². The van der Waals surface area contributed by atoms with Gasteiger partial charge in [-0.25, -0.2) is 4.98 Å². The van der Waals surface area contributed by atoms with Gasteiger partial charge in [0.1, 0.15) is 12.1 Å². The van der Waals surface area contributed by atoms with Crippen LogP contribution in [0, 0.1) is 0 Å². The quantitative estimate of drug-likeness (QED) is 0.516. The van der Waals surface area contributed by atoms with Crippen LogP contribution in [0.5, 0.6) is 5.75 Å². The molecule has 1 N–H and O–H groups in total. The van der Waals surface area contributed by atoms with Crippen molar-refractivity contribution in [2.45, 2.75) is 13.0 Å². The molecule has 1 aromatic heterocycles. The Labute approximate surface area is 162 Å². The Morgan fingerprint density at radius 3 is 2.70 bits per heavy atom. The van der Waals surface area contributed by atoms with Gasteiger partial charge in [-0.05, 0) is 60.5 Å². The van der Waals surface area contributed by atoms with Crippen LogP contribution < -0.4 is 4.74 Å². The lowest BCUT2D eigenvalue weighted by atomic mass is 10.0. The van der Waals surface area contributed by atoms with Crippen LogP contribution in [0.2, 0.25) is 5.02 Å². The van der Waals surface area contributed by atoms with Gasteiger partial charge in [0, 0.05) is 16.3 Å². The molecule has 0 spiro atoms. The van der Waals surface area contributed by atoms with Crippen molar-refractivity contribution in [1.29, 1.82) is 0 Å². The number of aliphatic hydroxyl groups is 1. The third-order valence-electron chi connectivity index (χ3n) is 4.65. The lowest BCUT2D eigenvalue weighted by molar-refractivity contribution is 0.199. The van der Waals surface area contributed by atoms with E-state index in [1.54, 1.807) is 20.4 Å². The molecule has 0 fully saturated rings. The maximum atomic E-state index is 9.78. The topological polar surface area (TPSA) is 47.3 Å². The molecule has 4 rings (SSSR count). The van der Waals surface area contributed by atoms with Gasteiger partial charge in [-0.1, -0.05) is 29.8 Å². The Kier molecular flexibility index (Phi) is 4.60. The lowest BCUT2D eigenvalue weighted by Crippen LogP contribution is -1.94. The van der Waals surface area contributed by atoms with Crippen LogP contribution in [-0.4, -0.2) is 21.8 Å². The van der Waals surface area contributed by atoms with E-state index in [4.69, 9.17) is 16.3 Å². The Balaban J connectivity index is 1.82. The van der Waals surface area contributed by atoms with Crippen LogP contribution >= 0.6 is 11.6 Å². The van der Waals surface area contributed by atoms with Crippen LogP contribution in [0.1, 0.15) is 18.6 Å². The fraction of sp³-hybridized carbons (Fsp3) is 0.136. The minimum Gasteiger partial charge on any atom is -0.496 e. The van der Waals surface area contributed by atoms with Gasteiger partial charge in [0.25, 0.3) is 0 Å². The van der Waals surface area contributed by atoms with E-state index in [1.807, 2.05) is 59.2 Å². The summed E-state index contributed by atoms with van der Waals surface area (Å²) < 4.78 is 7.52. The highest BCUT2D eigenvalue weighted by Crippen LogP contribution is 2.34. The molecule has 0 unspecified atom stereocenters. The maximum absolute atomic E-state index is 9.78. The first kappa shape index (κ1) is 17.6. The highest BCUT2D eigenvalue weighted by Gasteiger charge is 2.11. The number of aromatic nitrogens is 2. The van der Waals surface area contributed by atoms with Crippen LogP contribution in [0.25, 0.3) is 27.8 Å². The molecule has 5 heteroatoms. The lowest BCUT2D eigenvalue weighted by Gasteiger charge is -2.12. The Hall–Kier alpha value is -2.82. The molecule has 1 heterocycles. The van der Waals surface area contributed by atoms with Gasteiger partial charge in [-0.3, -0.25) is 4.57 Å². The molecule has 0 aliphatic heterocycles. The number of imidazole rings is 1. The van der Waals surface area contributed by atoms with E-state index in [9.17, 15) is 5.11 Å². The van der Waals surface area contributed by atoms with E-state index >= 15 is 0 Å². The Bertz CT molecular complexity index is 1120. The summed E-state index contributed by atoms with van der Waals surface area (Å²) in [6.07, 6.45) is 1.28. The zero-order chi connectivity index (χ0) is 19.0. The predicted octanol–water partition coefficient (Wildman–Crippen LogP) is 5.41. The van der Waals surface area contributed by atoms with E-state index in [0.717, 1.165) is 39.2 Å². The van der Waals surface area contributed by atoms with Gasteiger partial charge in [0.15, 0.2) is 0 Å². The highest BCUT2D eigenvalue weighted by molar-refractivity contribution is 6.31. The molecule has 0 aliphatic carbocycles. The largest absolute Gasteiger partial charge is 0.496 e. The zero-order valence-corrected chi connectivity index (χ0v) is 15.8. The molecule has 0 amide bonds. The van der Waals surface area contributed by atoms with Crippen LogP contribution in [0.4, 0.5) is 0 Å². The van der Waals surface area contributed by atoms with Gasteiger partial charge in [-0.2, -0.15) is 0 Å². The number of rotatable bonds is 4. The summed E-state index contributed by atoms with van der Waals surface area (Å²) in [5.74, 6) is 0.772. The average Bonchev–Trinajstić information content (AvgIpc) is 3.11. The minimum absolute atomic E-state index is 0.516. The standard InChI is InChI=1S/C22H19ClN2O2/c1-14(26)15-6-8-21-20(11-15)24-13-25(21)18-5-3-4-16(10-18)19-12-17(23)7-9-22(19)27-2/h3-14,26H,1-2H3/t14-/m1/s1. The molecule has 136 valence electrons. The number of nitrogens with zero attached hydrogens (tertiary/aromatic N) is 2. The highest BCUT2D eigenvalue weighted by atomic mass is 35.5. The average molecular weight is 379 g/mol. The summed E-state index contributed by atoms with van der Waals surface area (Å²) in [4.78, 5) is 4.49. The monoisotopic (exact) mass is 378 g/mol. The number of benzene rings is 3. The molecule has 0 radical (unpaired) electrons. The van der Waals surface area contributed by atoms with Crippen molar-refractivity contribution in [1.82, 2.24) is 9.55 Å². The SMILES string of the molecule is COc1ccc(Cl)cc1-c1cccc(-n2cnc3cc([C@@H](C)O)ccc32)c1. The van der Waals surface area contributed by atoms with Gasteiger partial charge in [0.2, 0.25) is 0 Å². The van der Waals surface area contributed by atoms with E-state index in [-0.39, 0.29) is 0 Å². The summed E-state index contributed by atoms with van der Waals surface area (Å²) in [7, 11) is 1.65. The van der Waals surface area contributed by atoms with Crippen LogP contribution in [0.3, 0.4) is 0 Å². The summed E-state index contributed by atoms with van der Waals surface area (Å²) in [5, 5.41) is 10.4. The molecule has 1 atom stereocenters. The summed E-state index contributed by atoms with van der Waals surface area (Å²) in [6, 6.07) is 19.6. The van der Waals surface area contributed by atoms with Crippen molar-refractivity contribution in [3.05, 3.63) is 77.6 Å². The van der Waals surface area contributed by atoms with E-state index < -0.39 is 6.10 Å². The smallest absolute Gasteiger partial charge is 0.126 e. The van der Waals surface area contributed by atoms with Crippen molar-refractivity contribution in [2.24, 2.45) is 0 Å². The van der Waals surface area contributed by atoms with Gasteiger partial charge >= 0.3 is 0 Å². The first-order chi connectivity index (χ1) is 13.1. The molecule has 4 aromatic rings.